The molecule has 0 unspecified atom stereocenters. The Morgan fingerprint density at radius 2 is 1.23 bits per heavy atom. The van der Waals surface area contributed by atoms with Gasteiger partial charge in [-0.1, -0.05) is 152 Å². The summed E-state index contributed by atoms with van der Waals surface area (Å²) in [5.41, 5.74) is 14.9. The quantitative estimate of drug-likeness (QED) is 0.177. The molecule has 0 aliphatic rings. The van der Waals surface area contributed by atoms with E-state index in [2.05, 4.69) is 193 Å². The van der Waals surface area contributed by atoms with Crippen LogP contribution in [0.5, 0.6) is 5.75 Å². The number of benzene rings is 6. The fraction of sp³-hybridized carbons (Fsp3) is 0.208. The molecule has 57 heavy (non-hydrogen) atoms. The van der Waals surface area contributed by atoms with Gasteiger partial charge in [-0.2, -0.15) is 0 Å². The molecule has 6 aromatic carbocycles. The number of para-hydroxylation sites is 1. The lowest BCUT2D eigenvalue weighted by Crippen LogP contribution is -2.17. The zero-order chi connectivity index (χ0) is 40.1. The molecule has 8 aromatic rings. The minimum atomic E-state index is -0.312. The Kier molecular flexibility index (Phi) is 9.69. The maximum absolute atomic E-state index is 12.4. The Morgan fingerprint density at radius 1 is 0.544 bits per heavy atom. The van der Waals surface area contributed by atoms with Gasteiger partial charge in [-0.3, -0.25) is 9.55 Å². The first-order valence-electron chi connectivity index (χ1n) is 20.0. The van der Waals surface area contributed by atoms with Crippen molar-refractivity contribution in [1.82, 2.24) is 14.5 Å². The summed E-state index contributed by atoms with van der Waals surface area (Å²) >= 11 is 0. The lowest BCUT2D eigenvalue weighted by molar-refractivity contribution is 0.446. The third-order valence-corrected chi connectivity index (χ3v) is 11.0. The molecular formula is C53H51N3O. The third-order valence-electron chi connectivity index (χ3n) is 11.0. The molecule has 0 aliphatic carbocycles. The van der Waals surface area contributed by atoms with Crippen LogP contribution in [0.2, 0.25) is 0 Å². The second kappa shape index (κ2) is 14.7. The van der Waals surface area contributed by atoms with Crippen molar-refractivity contribution in [3.8, 4) is 67.5 Å². The van der Waals surface area contributed by atoms with E-state index in [-0.39, 0.29) is 16.6 Å². The molecule has 0 fully saturated rings. The molecule has 8 rings (SSSR count). The van der Waals surface area contributed by atoms with Crippen LogP contribution in [0.4, 0.5) is 0 Å². The van der Waals surface area contributed by atoms with Crippen LogP contribution in [-0.2, 0) is 10.8 Å². The molecule has 4 nitrogen and oxygen atoms in total. The number of nitrogens with zero attached hydrogens (tertiary/aromatic N) is 3. The Morgan fingerprint density at radius 3 is 1.88 bits per heavy atom. The van der Waals surface area contributed by atoms with Crippen LogP contribution < -0.4 is 0 Å². The van der Waals surface area contributed by atoms with E-state index in [0.29, 0.717) is 17.3 Å². The van der Waals surface area contributed by atoms with E-state index in [1.54, 1.807) is 0 Å². The number of aromatic nitrogens is 3. The van der Waals surface area contributed by atoms with Crippen molar-refractivity contribution in [3.05, 3.63) is 168 Å². The van der Waals surface area contributed by atoms with Gasteiger partial charge >= 0.3 is 0 Å². The topological polar surface area (TPSA) is 50.9 Å². The van der Waals surface area contributed by atoms with E-state index in [4.69, 9.17) is 9.97 Å². The number of rotatable bonds is 7. The standard InChI is InChI=1S/C53H51N3O/c1-34(2)38-28-39(30-40(29-38)46-23-15-16-27-54-46)42-22-17-24-48-49(42)55-51(44-32-41(52(3,4)5)33-45(50(44)57)53(6,7)8)56(48)47-26-25-37(35-18-11-9-12-19-35)31-43(47)36-20-13-10-14-21-36/h9-34,57H,1-8H3. The molecule has 284 valence electrons. The number of hydrogen-bond donors (Lipinski definition) is 1. The number of phenolic OH excluding ortho intramolecular Hbond substituents is 1. The monoisotopic (exact) mass is 745 g/mol. The SMILES string of the molecule is CC(C)c1cc(-c2ccccn2)cc(-c2cccc3c2nc(-c2cc(C(C)(C)C)cc(C(C)(C)C)c2O)n3-c2ccc(-c3ccccc3)cc2-c2ccccc2)c1. The van der Waals surface area contributed by atoms with Crippen LogP contribution >= 0.6 is 0 Å². The molecule has 0 spiro atoms. The van der Waals surface area contributed by atoms with Crippen molar-refractivity contribution >= 4 is 11.0 Å². The summed E-state index contributed by atoms with van der Waals surface area (Å²) in [7, 11) is 0. The molecular weight excluding hydrogens is 695 g/mol. The first-order valence-corrected chi connectivity index (χ1v) is 20.0. The van der Waals surface area contributed by atoms with E-state index >= 15 is 0 Å². The maximum Gasteiger partial charge on any atom is 0.149 e. The summed E-state index contributed by atoms with van der Waals surface area (Å²) in [5.74, 6) is 1.26. The van der Waals surface area contributed by atoms with E-state index in [1.165, 1.54) is 5.56 Å². The summed E-state index contributed by atoms with van der Waals surface area (Å²) in [4.78, 5) is 10.4. The van der Waals surface area contributed by atoms with Crippen molar-refractivity contribution in [2.45, 2.75) is 72.1 Å². The summed E-state index contributed by atoms with van der Waals surface area (Å²) in [6.07, 6.45) is 1.85. The van der Waals surface area contributed by atoms with Crippen molar-refractivity contribution in [2.24, 2.45) is 0 Å². The van der Waals surface area contributed by atoms with Crippen molar-refractivity contribution in [1.29, 1.82) is 0 Å². The average Bonchev–Trinajstić information content (AvgIpc) is 3.60. The first-order chi connectivity index (χ1) is 27.3. The number of pyridine rings is 1. The van der Waals surface area contributed by atoms with Gasteiger partial charge in [0, 0.05) is 28.5 Å². The van der Waals surface area contributed by atoms with Gasteiger partial charge in [0.15, 0.2) is 0 Å². The number of imidazole rings is 1. The van der Waals surface area contributed by atoms with Crippen molar-refractivity contribution in [3.63, 3.8) is 0 Å². The predicted molar refractivity (Wildman–Crippen MR) is 239 cm³/mol. The van der Waals surface area contributed by atoms with Gasteiger partial charge in [0.2, 0.25) is 0 Å². The van der Waals surface area contributed by atoms with Crippen molar-refractivity contribution < 1.29 is 5.11 Å². The minimum absolute atomic E-state index is 0.170. The highest BCUT2D eigenvalue weighted by atomic mass is 16.3. The molecule has 0 atom stereocenters. The third kappa shape index (κ3) is 7.29. The molecule has 0 bridgehead atoms. The molecule has 0 saturated heterocycles. The Labute approximate surface area is 337 Å². The second-order valence-corrected chi connectivity index (χ2v) is 17.5. The number of hydrogen-bond acceptors (Lipinski definition) is 3. The summed E-state index contributed by atoms with van der Waals surface area (Å²) in [6.45, 7) is 17.6. The lowest BCUT2D eigenvalue weighted by atomic mass is 9.79. The van der Waals surface area contributed by atoms with Gasteiger partial charge in [-0.15, -0.1) is 0 Å². The van der Waals surface area contributed by atoms with E-state index < -0.39 is 0 Å². The maximum atomic E-state index is 12.4. The predicted octanol–water partition coefficient (Wildman–Crippen LogP) is 14.2. The highest BCUT2D eigenvalue weighted by Gasteiger charge is 2.29. The fourth-order valence-corrected chi connectivity index (χ4v) is 7.78. The average molecular weight is 746 g/mol. The van der Waals surface area contributed by atoms with E-state index in [0.717, 1.165) is 72.5 Å². The molecule has 4 heteroatoms. The van der Waals surface area contributed by atoms with Gasteiger partial charge in [0.1, 0.15) is 11.6 Å². The minimum Gasteiger partial charge on any atom is -0.507 e. The summed E-state index contributed by atoms with van der Waals surface area (Å²) in [6, 6.07) is 51.5. The highest BCUT2D eigenvalue weighted by Crippen LogP contribution is 2.46. The molecule has 0 saturated carbocycles. The molecule has 2 heterocycles. The summed E-state index contributed by atoms with van der Waals surface area (Å²) < 4.78 is 2.27. The normalized spacial score (nSPS) is 12.1. The molecule has 0 radical (unpaired) electrons. The number of aromatic hydroxyl groups is 1. The largest absolute Gasteiger partial charge is 0.507 e. The van der Waals surface area contributed by atoms with Gasteiger partial charge in [0.25, 0.3) is 0 Å². The Balaban J connectivity index is 1.49. The Hall–Kier alpha value is -6.26. The highest BCUT2D eigenvalue weighted by molar-refractivity contribution is 5.98. The van der Waals surface area contributed by atoms with Gasteiger partial charge in [0.05, 0.1) is 28.0 Å². The van der Waals surface area contributed by atoms with Gasteiger partial charge in [-0.25, -0.2) is 4.98 Å². The van der Waals surface area contributed by atoms with Crippen LogP contribution in [-0.4, -0.2) is 19.6 Å². The smallest absolute Gasteiger partial charge is 0.149 e. The lowest BCUT2D eigenvalue weighted by Gasteiger charge is -2.27. The van der Waals surface area contributed by atoms with Crippen LogP contribution in [0.1, 0.15) is 78.0 Å². The van der Waals surface area contributed by atoms with E-state index in [9.17, 15) is 5.11 Å². The van der Waals surface area contributed by atoms with Crippen LogP contribution in [0.3, 0.4) is 0 Å². The number of phenols is 1. The molecule has 0 aliphatic heterocycles. The van der Waals surface area contributed by atoms with Crippen LogP contribution in [0.15, 0.2) is 152 Å². The first kappa shape index (κ1) is 37.7. The molecule has 0 amide bonds. The fourth-order valence-electron chi connectivity index (χ4n) is 7.78. The summed E-state index contributed by atoms with van der Waals surface area (Å²) in [5, 5.41) is 12.4. The zero-order valence-corrected chi connectivity index (χ0v) is 34.3. The second-order valence-electron chi connectivity index (χ2n) is 17.5. The Bertz CT molecular complexity index is 2710. The molecule has 1 N–H and O–H groups in total. The van der Waals surface area contributed by atoms with Crippen LogP contribution in [0.25, 0.3) is 72.7 Å². The van der Waals surface area contributed by atoms with Gasteiger partial charge in [-0.05, 0) is 98.7 Å². The number of fused-ring (bicyclic) bond motifs is 1. The van der Waals surface area contributed by atoms with Crippen LogP contribution in [0, 0.1) is 0 Å². The van der Waals surface area contributed by atoms with Gasteiger partial charge < -0.3 is 5.11 Å². The van der Waals surface area contributed by atoms with E-state index in [1.807, 2.05) is 18.3 Å². The van der Waals surface area contributed by atoms with Crippen molar-refractivity contribution in [2.75, 3.05) is 0 Å². The molecule has 2 aromatic heterocycles. The zero-order valence-electron chi connectivity index (χ0n) is 34.3.